The van der Waals surface area contributed by atoms with Crippen LogP contribution < -0.4 is 0 Å². The van der Waals surface area contributed by atoms with Crippen LogP contribution in [0.4, 0.5) is 0 Å². The van der Waals surface area contributed by atoms with Crippen LogP contribution in [0.2, 0.25) is 0 Å². The molecular formula is C9H11NO. The fourth-order valence-electron chi connectivity index (χ4n) is 1.47. The predicted molar refractivity (Wildman–Crippen MR) is 42.1 cm³/mol. The van der Waals surface area contributed by atoms with Gasteiger partial charge in [0, 0.05) is 18.0 Å². The minimum Gasteiger partial charge on any atom is -0.366 e. The van der Waals surface area contributed by atoms with Gasteiger partial charge in [-0.05, 0) is 25.5 Å². The lowest BCUT2D eigenvalue weighted by Crippen LogP contribution is -2.14. The van der Waals surface area contributed by atoms with Gasteiger partial charge in [0.1, 0.15) is 0 Å². The maximum Gasteiger partial charge on any atom is 0.0884 e. The van der Waals surface area contributed by atoms with E-state index in [1.165, 1.54) is 11.1 Å². The summed E-state index contributed by atoms with van der Waals surface area (Å²) in [5.74, 6) is 0. The van der Waals surface area contributed by atoms with E-state index in [4.69, 9.17) is 4.74 Å². The molecule has 0 bridgehead atoms. The Balaban J connectivity index is 2.56. The third kappa shape index (κ3) is 0.942. The lowest BCUT2D eigenvalue weighted by atomic mass is 9.98. The first-order valence-electron chi connectivity index (χ1n) is 3.77. The molecule has 11 heavy (non-hydrogen) atoms. The quantitative estimate of drug-likeness (QED) is 0.561. The number of hydrogen-bond donors (Lipinski definition) is 0. The van der Waals surface area contributed by atoms with E-state index in [1.807, 2.05) is 18.5 Å². The number of pyridine rings is 1. The van der Waals surface area contributed by atoms with Gasteiger partial charge in [0.05, 0.1) is 12.2 Å². The molecular weight excluding hydrogens is 138 g/mol. The normalized spacial score (nSPS) is 19.8. The zero-order valence-corrected chi connectivity index (χ0v) is 6.79. The number of fused-ring (bicyclic) bond motifs is 1. The van der Waals surface area contributed by atoms with Gasteiger partial charge in [0.25, 0.3) is 0 Å². The first-order chi connectivity index (χ1) is 5.20. The largest absolute Gasteiger partial charge is 0.366 e. The van der Waals surface area contributed by atoms with Crippen LogP contribution in [0, 0.1) is 0 Å². The summed E-state index contributed by atoms with van der Waals surface area (Å²) in [5, 5.41) is 0. The van der Waals surface area contributed by atoms with Gasteiger partial charge in [-0.15, -0.1) is 0 Å². The molecule has 0 aromatic carbocycles. The Kier molecular flexibility index (Phi) is 1.26. The van der Waals surface area contributed by atoms with Gasteiger partial charge >= 0.3 is 0 Å². The van der Waals surface area contributed by atoms with Crippen molar-refractivity contribution in [3.63, 3.8) is 0 Å². The van der Waals surface area contributed by atoms with E-state index in [0.29, 0.717) is 6.61 Å². The molecule has 0 saturated heterocycles. The average Bonchev–Trinajstić information content (AvgIpc) is 2.29. The molecule has 0 aliphatic carbocycles. The number of ether oxygens (including phenoxy) is 1. The minimum atomic E-state index is -0.113. The predicted octanol–water partition coefficient (Wildman–Crippen LogP) is 1.85. The Morgan fingerprint density at radius 1 is 1.55 bits per heavy atom. The summed E-state index contributed by atoms with van der Waals surface area (Å²) in [6.45, 7) is 4.87. The average molecular weight is 149 g/mol. The molecule has 0 amide bonds. The van der Waals surface area contributed by atoms with Crippen LogP contribution in [-0.2, 0) is 16.9 Å². The van der Waals surface area contributed by atoms with Crippen molar-refractivity contribution in [3.05, 3.63) is 29.6 Å². The zero-order valence-electron chi connectivity index (χ0n) is 6.79. The van der Waals surface area contributed by atoms with E-state index < -0.39 is 0 Å². The van der Waals surface area contributed by atoms with Crippen LogP contribution in [0.15, 0.2) is 18.5 Å². The van der Waals surface area contributed by atoms with Crippen molar-refractivity contribution in [2.24, 2.45) is 0 Å². The highest BCUT2D eigenvalue weighted by Gasteiger charge is 2.30. The van der Waals surface area contributed by atoms with E-state index in [2.05, 4.69) is 18.8 Å². The maximum atomic E-state index is 5.57. The van der Waals surface area contributed by atoms with E-state index in [-0.39, 0.29) is 5.60 Å². The van der Waals surface area contributed by atoms with E-state index in [0.717, 1.165) is 0 Å². The van der Waals surface area contributed by atoms with Crippen molar-refractivity contribution in [1.29, 1.82) is 0 Å². The molecule has 2 nitrogen and oxygen atoms in total. The monoisotopic (exact) mass is 149 g/mol. The lowest BCUT2D eigenvalue weighted by molar-refractivity contribution is -0.00789. The van der Waals surface area contributed by atoms with Crippen LogP contribution >= 0.6 is 0 Å². The molecule has 1 aromatic heterocycles. The van der Waals surface area contributed by atoms with Gasteiger partial charge in [0.15, 0.2) is 0 Å². The van der Waals surface area contributed by atoms with E-state index in [1.54, 1.807) is 0 Å². The molecule has 0 saturated carbocycles. The summed E-state index contributed by atoms with van der Waals surface area (Å²) in [6, 6.07) is 2.03. The molecule has 2 heteroatoms. The fraction of sp³-hybridized carbons (Fsp3) is 0.444. The van der Waals surface area contributed by atoms with Crippen LogP contribution in [-0.4, -0.2) is 4.98 Å². The fourth-order valence-corrected chi connectivity index (χ4v) is 1.47. The highest BCUT2D eigenvalue weighted by molar-refractivity contribution is 5.31. The Hall–Kier alpha value is -0.890. The minimum absolute atomic E-state index is 0.113. The summed E-state index contributed by atoms with van der Waals surface area (Å²) < 4.78 is 5.57. The van der Waals surface area contributed by atoms with E-state index >= 15 is 0 Å². The van der Waals surface area contributed by atoms with Crippen molar-refractivity contribution in [3.8, 4) is 0 Å². The Morgan fingerprint density at radius 2 is 2.36 bits per heavy atom. The first kappa shape index (κ1) is 6.80. The molecule has 1 aliphatic heterocycles. The SMILES string of the molecule is CC1(C)OCc2cnccc21. The topological polar surface area (TPSA) is 22.1 Å². The van der Waals surface area contributed by atoms with Gasteiger partial charge in [-0.3, -0.25) is 4.98 Å². The van der Waals surface area contributed by atoms with Crippen LogP contribution in [0.5, 0.6) is 0 Å². The van der Waals surface area contributed by atoms with Crippen LogP contribution in [0.3, 0.4) is 0 Å². The molecule has 1 aliphatic rings. The van der Waals surface area contributed by atoms with Crippen molar-refractivity contribution in [1.82, 2.24) is 4.98 Å². The van der Waals surface area contributed by atoms with Gasteiger partial charge < -0.3 is 4.74 Å². The standard InChI is InChI=1S/C9H11NO/c1-9(2)8-3-4-10-5-7(8)6-11-9/h3-5H,6H2,1-2H3. The molecule has 58 valence electrons. The lowest BCUT2D eigenvalue weighted by Gasteiger charge is -2.17. The zero-order chi connectivity index (χ0) is 7.90. The van der Waals surface area contributed by atoms with Crippen molar-refractivity contribution in [2.75, 3.05) is 0 Å². The van der Waals surface area contributed by atoms with Crippen molar-refractivity contribution < 1.29 is 4.74 Å². The molecule has 0 N–H and O–H groups in total. The second-order valence-corrected chi connectivity index (χ2v) is 3.33. The summed E-state index contributed by atoms with van der Waals surface area (Å²) in [6.07, 6.45) is 3.69. The first-order valence-corrected chi connectivity index (χ1v) is 3.77. The molecule has 0 atom stereocenters. The Labute approximate surface area is 66.2 Å². The second-order valence-electron chi connectivity index (χ2n) is 3.33. The molecule has 2 rings (SSSR count). The van der Waals surface area contributed by atoms with Gasteiger partial charge in [0.2, 0.25) is 0 Å². The Bertz CT molecular complexity index is 281. The number of aromatic nitrogens is 1. The molecule has 0 fully saturated rings. The summed E-state index contributed by atoms with van der Waals surface area (Å²) in [4.78, 5) is 4.04. The van der Waals surface area contributed by atoms with Gasteiger partial charge in [-0.1, -0.05) is 0 Å². The Morgan fingerprint density at radius 3 is 3.09 bits per heavy atom. The van der Waals surface area contributed by atoms with Crippen molar-refractivity contribution in [2.45, 2.75) is 26.1 Å². The smallest absolute Gasteiger partial charge is 0.0884 e. The summed E-state index contributed by atoms with van der Waals surface area (Å²) in [5.41, 5.74) is 2.38. The second kappa shape index (κ2) is 2.05. The summed E-state index contributed by atoms with van der Waals surface area (Å²) >= 11 is 0. The molecule has 0 spiro atoms. The van der Waals surface area contributed by atoms with Crippen molar-refractivity contribution >= 4 is 0 Å². The molecule has 2 heterocycles. The van der Waals surface area contributed by atoms with Crippen LogP contribution in [0.25, 0.3) is 0 Å². The number of rotatable bonds is 0. The third-order valence-electron chi connectivity index (χ3n) is 2.14. The maximum absolute atomic E-state index is 5.57. The molecule has 0 unspecified atom stereocenters. The van der Waals surface area contributed by atoms with Crippen LogP contribution in [0.1, 0.15) is 25.0 Å². The molecule has 1 aromatic rings. The third-order valence-corrected chi connectivity index (χ3v) is 2.14. The summed E-state index contributed by atoms with van der Waals surface area (Å²) in [7, 11) is 0. The number of nitrogens with zero attached hydrogens (tertiary/aromatic N) is 1. The van der Waals surface area contributed by atoms with Gasteiger partial charge in [-0.25, -0.2) is 0 Å². The highest BCUT2D eigenvalue weighted by atomic mass is 16.5. The van der Waals surface area contributed by atoms with E-state index in [9.17, 15) is 0 Å². The van der Waals surface area contributed by atoms with Gasteiger partial charge in [-0.2, -0.15) is 0 Å². The highest BCUT2D eigenvalue weighted by Crippen LogP contribution is 2.34. The molecule has 0 radical (unpaired) electrons. The number of hydrogen-bond acceptors (Lipinski definition) is 2.